The number of alkyl halides is 1. The molecular weight excluding hydrogens is 291 g/mol. The van der Waals surface area contributed by atoms with Crippen molar-refractivity contribution in [2.45, 2.75) is 5.88 Å². The molecule has 16 heavy (non-hydrogen) atoms. The Balaban J connectivity index is 2.60. The Morgan fingerprint density at radius 1 is 1.38 bits per heavy atom. The minimum atomic E-state index is -0.198. The van der Waals surface area contributed by atoms with Crippen molar-refractivity contribution in [3.63, 3.8) is 0 Å². The predicted molar refractivity (Wildman–Crippen MR) is 67.6 cm³/mol. The first-order valence-corrected chi connectivity index (χ1v) is 5.94. The molecular formula is C11H8BrClN2O. The van der Waals surface area contributed by atoms with Gasteiger partial charge in [0.05, 0.1) is 11.6 Å². The van der Waals surface area contributed by atoms with Crippen LogP contribution in [0.5, 0.6) is 0 Å². The van der Waals surface area contributed by atoms with E-state index >= 15 is 0 Å². The van der Waals surface area contributed by atoms with Crippen molar-refractivity contribution >= 4 is 27.5 Å². The predicted octanol–water partition coefficient (Wildman–Crippen LogP) is 2.94. The van der Waals surface area contributed by atoms with Gasteiger partial charge >= 0.3 is 0 Å². The maximum atomic E-state index is 11.4. The third-order valence-electron chi connectivity index (χ3n) is 2.06. The Kier molecular flexibility index (Phi) is 3.41. The summed E-state index contributed by atoms with van der Waals surface area (Å²) >= 11 is 9.08. The molecule has 1 aromatic heterocycles. The van der Waals surface area contributed by atoms with E-state index in [1.54, 1.807) is 0 Å². The molecule has 1 heterocycles. The molecule has 1 aromatic carbocycles. The van der Waals surface area contributed by atoms with E-state index in [1.807, 2.05) is 24.3 Å². The summed E-state index contributed by atoms with van der Waals surface area (Å²) in [6.07, 6.45) is 0. The molecule has 0 aliphatic rings. The van der Waals surface area contributed by atoms with Crippen molar-refractivity contribution < 1.29 is 0 Å². The number of hydrogen-bond acceptors (Lipinski definition) is 2. The van der Waals surface area contributed by atoms with Gasteiger partial charge in [-0.3, -0.25) is 4.79 Å². The van der Waals surface area contributed by atoms with Gasteiger partial charge in [0.1, 0.15) is 5.82 Å². The SMILES string of the molecule is O=c1cc(CCl)nc(-c2ccccc2Br)[nH]1. The first kappa shape index (κ1) is 11.4. The van der Waals surface area contributed by atoms with Gasteiger partial charge in [0.15, 0.2) is 0 Å². The van der Waals surface area contributed by atoms with Gasteiger partial charge in [-0.15, -0.1) is 11.6 Å². The maximum absolute atomic E-state index is 11.4. The van der Waals surface area contributed by atoms with E-state index < -0.39 is 0 Å². The van der Waals surface area contributed by atoms with Crippen molar-refractivity contribution in [1.82, 2.24) is 9.97 Å². The first-order chi connectivity index (χ1) is 7.70. The van der Waals surface area contributed by atoms with Crippen molar-refractivity contribution in [2.24, 2.45) is 0 Å². The molecule has 2 rings (SSSR count). The Labute approximate surface area is 106 Å². The minimum absolute atomic E-state index is 0.198. The highest BCUT2D eigenvalue weighted by Crippen LogP contribution is 2.24. The molecule has 0 saturated heterocycles. The van der Waals surface area contributed by atoms with Gasteiger partial charge in [-0.05, 0) is 6.07 Å². The monoisotopic (exact) mass is 298 g/mol. The number of rotatable bonds is 2. The number of nitrogens with zero attached hydrogens (tertiary/aromatic N) is 1. The van der Waals surface area contributed by atoms with E-state index in [-0.39, 0.29) is 11.4 Å². The number of H-pyrrole nitrogens is 1. The molecule has 1 N–H and O–H groups in total. The number of benzene rings is 1. The van der Waals surface area contributed by atoms with Gasteiger partial charge in [0, 0.05) is 16.1 Å². The lowest BCUT2D eigenvalue weighted by Gasteiger charge is -2.04. The summed E-state index contributed by atoms with van der Waals surface area (Å²) < 4.78 is 0.880. The van der Waals surface area contributed by atoms with Gasteiger partial charge in [-0.2, -0.15) is 0 Å². The average molecular weight is 300 g/mol. The van der Waals surface area contributed by atoms with Crippen LogP contribution >= 0.6 is 27.5 Å². The largest absolute Gasteiger partial charge is 0.306 e. The average Bonchev–Trinajstić information content (AvgIpc) is 2.28. The molecule has 3 nitrogen and oxygen atoms in total. The van der Waals surface area contributed by atoms with Crippen LogP contribution < -0.4 is 5.56 Å². The molecule has 2 aromatic rings. The normalized spacial score (nSPS) is 10.4. The van der Waals surface area contributed by atoms with Crippen LogP contribution in [-0.2, 0) is 5.88 Å². The summed E-state index contributed by atoms with van der Waals surface area (Å²) in [7, 11) is 0. The topological polar surface area (TPSA) is 45.8 Å². The van der Waals surface area contributed by atoms with Crippen LogP contribution in [0.4, 0.5) is 0 Å². The molecule has 0 fully saturated rings. The zero-order chi connectivity index (χ0) is 11.5. The Morgan fingerprint density at radius 2 is 2.12 bits per heavy atom. The Hall–Kier alpha value is -1.13. The van der Waals surface area contributed by atoms with Crippen molar-refractivity contribution in [1.29, 1.82) is 0 Å². The van der Waals surface area contributed by atoms with Crippen molar-refractivity contribution in [3.05, 3.63) is 50.9 Å². The Morgan fingerprint density at radius 3 is 2.81 bits per heavy atom. The molecule has 5 heteroatoms. The summed E-state index contributed by atoms with van der Waals surface area (Å²) in [5.41, 5.74) is 1.21. The summed E-state index contributed by atoms with van der Waals surface area (Å²) in [5.74, 6) is 0.747. The standard InChI is InChI=1S/C11H8BrClN2O/c12-9-4-2-1-3-8(9)11-14-7(6-13)5-10(16)15-11/h1-5H,6H2,(H,14,15,16). The van der Waals surface area contributed by atoms with Crippen LogP contribution in [-0.4, -0.2) is 9.97 Å². The van der Waals surface area contributed by atoms with Gasteiger partial charge in [-0.25, -0.2) is 4.98 Å². The summed E-state index contributed by atoms with van der Waals surface area (Å²) in [6, 6.07) is 8.95. The second kappa shape index (κ2) is 4.80. The quantitative estimate of drug-likeness (QED) is 0.867. The zero-order valence-electron chi connectivity index (χ0n) is 8.21. The van der Waals surface area contributed by atoms with Crippen LogP contribution in [0.15, 0.2) is 39.6 Å². The van der Waals surface area contributed by atoms with Gasteiger partial charge in [0.25, 0.3) is 5.56 Å². The van der Waals surface area contributed by atoms with E-state index in [0.717, 1.165) is 10.0 Å². The van der Waals surface area contributed by atoms with Crippen LogP contribution in [0.1, 0.15) is 5.69 Å². The van der Waals surface area contributed by atoms with Crippen molar-refractivity contribution in [2.75, 3.05) is 0 Å². The lowest BCUT2D eigenvalue weighted by atomic mass is 10.2. The molecule has 0 unspecified atom stereocenters. The van der Waals surface area contributed by atoms with Gasteiger partial charge in [-0.1, -0.05) is 34.1 Å². The fraction of sp³-hybridized carbons (Fsp3) is 0.0909. The van der Waals surface area contributed by atoms with Crippen molar-refractivity contribution in [3.8, 4) is 11.4 Å². The molecule has 0 atom stereocenters. The van der Waals surface area contributed by atoms with Crippen LogP contribution in [0, 0.1) is 0 Å². The maximum Gasteiger partial charge on any atom is 0.251 e. The molecule has 0 aliphatic carbocycles. The van der Waals surface area contributed by atoms with E-state index in [2.05, 4.69) is 25.9 Å². The van der Waals surface area contributed by atoms with Crippen LogP contribution in [0.25, 0.3) is 11.4 Å². The second-order valence-electron chi connectivity index (χ2n) is 3.20. The minimum Gasteiger partial charge on any atom is -0.306 e. The van der Waals surface area contributed by atoms with E-state index in [9.17, 15) is 4.79 Å². The smallest absolute Gasteiger partial charge is 0.251 e. The lowest BCUT2D eigenvalue weighted by Crippen LogP contribution is -2.09. The summed E-state index contributed by atoms with van der Waals surface area (Å²) in [5, 5.41) is 0. The number of hydrogen-bond donors (Lipinski definition) is 1. The number of aromatic amines is 1. The molecule has 0 saturated carbocycles. The van der Waals surface area contributed by atoms with Gasteiger partial charge < -0.3 is 4.98 Å². The van der Waals surface area contributed by atoms with E-state index in [0.29, 0.717) is 11.5 Å². The summed E-state index contributed by atoms with van der Waals surface area (Å²) in [6.45, 7) is 0. The first-order valence-electron chi connectivity index (χ1n) is 4.62. The molecule has 82 valence electrons. The van der Waals surface area contributed by atoms with Crippen LogP contribution in [0.3, 0.4) is 0 Å². The number of halogens is 2. The zero-order valence-corrected chi connectivity index (χ0v) is 10.5. The van der Waals surface area contributed by atoms with Crippen LogP contribution in [0.2, 0.25) is 0 Å². The third kappa shape index (κ3) is 2.33. The molecule has 0 bridgehead atoms. The fourth-order valence-electron chi connectivity index (χ4n) is 1.36. The third-order valence-corrected chi connectivity index (χ3v) is 3.03. The molecule has 0 radical (unpaired) electrons. The summed E-state index contributed by atoms with van der Waals surface area (Å²) in [4.78, 5) is 18.3. The molecule has 0 spiro atoms. The van der Waals surface area contributed by atoms with E-state index in [1.165, 1.54) is 6.07 Å². The highest BCUT2D eigenvalue weighted by molar-refractivity contribution is 9.10. The van der Waals surface area contributed by atoms with E-state index in [4.69, 9.17) is 11.6 Å². The highest BCUT2D eigenvalue weighted by atomic mass is 79.9. The number of aromatic nitrogens is 2. The molecule has 0 amide bonds. The highest BCUT2D eigenvalue weighted by Gasteiger charge is 2.06. The second-order valence-corrected chi connectivity index (χ2v) is 4.32. The lowest BCUT2D eigenvalue weighted by molar-refractivity contribution is 1.06. The number of nitrogens with one attached hydrogen (secondary N) is 1. The van der Waals surface area contributed by atoms with Gasteiger partial charge in [0.2, 0.25) is 0 Å². The Bertz CT molecular complexity index is 568. The fourth-order valence-corrected chi connectivity index (χ4v) is 1.97. The molecule has 0 aliphatic heterocycles.